The number of nitrogens with zero attached hydrogens (tertiary/aromatic N) is 5. The van der Waals surface area contributed by atoms with E-state index in [1.165, 1.54) is 6.92 Å². The molecule has 0 fully saturated rings. The molecule has 9 heteroatoms. The van der Waals surface area contributed by atoms with Gasteiger partial charge >= 0.3 is 6.18 Å². The van der Waals surface area contributed by atoms with Crippen molar-refractivity contribution in [2.75, 3.05) is 5.73 Å². The van der Waals surface area contributed by atoms with Crippen LogP contribution in [0.2, 0.25) is 0 Å². The highest BCUT2D eigenvalue weighted by Gasteiger charge is 2.35. The molecule has 3 aromatic rings. The SMILES string of the molecule is Cc1cc(C(F)(F)F)n2nc(N)c(N=Nc3ccccc3)c2n1. The fraction of sp³-hybridized carbons (Fsp3) is 0.143. The minimum atomic E-state index is -4.59. The van der Waals surface area contributed by atoms with Crippen molar-refractivity contribution in [1.82, 2.24) is 14.6 Å². The van der Waals surface area contributed by atoms with Gasteiger partial charge in [-0.25, -0.2) is 9.50 Å². The van der Waals surface area contributed by atoms with Gasteiger partial charge in [0.25, 0.3) is 0 Å². The van der Waals surface area contributed by atoms with Crippen LogP contribution in [0.1, 0.15) is 11.4 Å². The molecule has 0 unspecified atom stereocenters. The summed E-state index contributed by atoms with van der Waals surface area (Å²) in [6.07, 6.45) is -4.59. The molecule has 6 nitrogen and oxygen atoms in total. The number of aromatic nitrogens is 3. The van der Waals surface area contributed by atoms with E-state index in [0.29, 0.717) is 10.2 Å². The first-order chi connectivity index (χ1) is 10.9. The van der Waals surface area contributed by atoms with Gasteiger partial charge < -0.3 is 5.73 Å². The summed E-state index contributed by atoms with van der Waals surface area (Å²) in [7, 11) is 0. The lowest BCUT2D eigenvalue weighted by Crippen LogP contribution is -2.13. The third kappa shape index (κ3) is 2.85. The molecule has 2 N–H and O–H groups in total. The molecule has 0 spiro atoms. The zero-order valence-electron chi connectivity index (χ0n) is 11.9. The minimum Gasteiger partial charge on any atom is -0.380 e. The van der Waals surface area contributed by atoms with Crippen molar-refractivity contribution in [2.45, 2.75) is 13.1 Å². The third-order valence-electron chi connectivity index (χ3n) is 3.03. The number of hydrogen-bond donors (Lipinski definition) is 1. The summed E-state index contributed by atoms with van der Waals surface area (Å²) in [6, 6.07) is 9.63. The lowest BCUT2D eigenvalue weighted by Gasteiger charge is -2.09. The van der Waals surface area contributed by atoms with E-state index in [0.717, 1.165) is 6.07 Å². The molecule has 0 atom stereocenters. The van der Waals surface area contributed by atoms with E-state index >= 15 is 0 Å². The fourth-order valence-electron chi connectivity index (χ4n) is 2.04. The van der Waals surface area contributed by atoms with Gasteiger partial charge in [0.1, 0.15) is 5.69 Å². The average molecular weight is 320 g/mol. The number of aryl methyl sites for hydroxylation is 1. The topological polar surface area (TPSA) is 80.9 Å². The van der Waals surface area contributed by atoms with Crippen LogP contribution in [0.5, 0.6) is 0 Å². The van der Waals surface area contributed by atoms with Crippen LogP contribution >= 0.6 is 0 Å². The van der Waals surface area contributed by atoms with E-state index in [2.05, 4.69) is 20.3 Å². The van der Waals surface area contributed by atoms with Crippen LogP contribution < -0.4 is 5.73 Å². The van der Waals surface area contributed by atoms with E-state index < -0.39 is 11.9 Å². The maximum Gasteiger partial charge on any atom is 0.433 e. The second-order valence-corrected chi connectivity index (χ2v) is 4.79. The van der Waals surface area contributed by atoms with Crippen LogP contribution in [-0.4, -0.2) is 14.6 Å². The minimum absolute atomic E-state index is 0.00283. The van der Waals surface area contributed by atoms with Crippen molar-refractivity contribution in [2.24, 2.45) is 10.2 Å². The number of hydrogen-bond acceptors (Lipinski definition) is 5. The predicted octanol–water partition coefficient (Wildman–Crippen LogP) is 4.05. The standard InChI is InChI=1S/C14H11F3N6/c1-8-7-10(14(15,16)17)23-13(19-8)11(12(18)22-23)21-20-9-5-3-2-4-6-9/h2-7H,1H3,(H2,18,22). The van der Waals surface area contributed by atoms with Gasteiger partial charge in [0, 0.05) is 5.69 Å². The average Bonchev–Trinajstić information content (AvgIpc) is 2.80. The summed E-state index contributed by atoms with van der Waals surface area (Å²) >= 11 is 0. The Morgan fingerprint density at radius 3 is 2.48 bits per heavy atom. The van der Waals surface area contributed by atoms with Gasteiger partial charge in [-0.15, -0.1) is 10.2 Å². The number of azo groups is 1. The predicted molar refractivity (Wildman–Crippen MR) is 77.8 cm³/mol. The lowest BCUT2D eigenvalue weighted by atomic mass is 10.3. The fourth-order valence-corrected chi connectivity index (χ4v) is 2.04. The van der Waals surface area contributed by atoms with E-state index in [9.17, 15) is 13.2 Å². The molecular weight excluding hydrogens is 309 g/mol. The maximum atomic E-state index is 13.1. The number of halogens is 3. The Morgan fingerprint density at radius 1 is 1.13 bits per heavy atom. The second kappa shape index (κ2) is 5.34. The van der Waals surface area contributed by atoms with Crippen molar-refractivity contribution in [3.63, 3.8) is 0 Å². The summed E-state index contributed by atoms with van der Waals surface area (Å²) < 4.78 is 40.0. The zero-order valence-corrected chi connectivity index (χ0v) is 11.9. The normalized spacial score (nSPS) is 12.3. The van der Waals surface area contributed by atoms with Crippen LogP contribution in [0.25, 0.3) is 5.65 Å². The highest BCUT2D eigenvalue weighted by atomic mass is 19.4. The van der Waals surface area contributed by atoms with E-state index in [1.54, 1.807) is 24.3 Å². The molecule has 0 saturated carbocycles. The number of alkyl halides is 3. The highest BCUT2D eigenvalue weighted by Crippen LogP contribution is 2.34. The summed E-state index contributed by atoms with van der Waals surface area (Å²) in [4.78, 5) is 4.05. The summed E-state index contributed by atoms with van der Waals surface area (Å²) in [5, 5.41) is 11.6. The molecule has 23 heavy (non-hydrogen) atoms. The van der Waals surface area contributed by atoms with E-state index in [1.807, 2.05) is 6.07 Å². The van der Waals surface area contributed by atoms with Gasteiger partial charge in [-0.1, -0.05) is 18.2 Å². The molecular formula is C14H11F3N6. The van der Waals surface area contributed by atoms with Crippen LogP contribution in [0, 0.1) is 6.92 Å². The number of nitrogens with two attached hydrogens (primary N) is 1. The number of fused-ring (bicyclic) bond motifs is 1. The molecule has 2 aromatic heterocycles. The number of nitrogen functional groups attached to an aromatic ring is 1. The molecule has 2 heterocycles. The Balaban J connectivity index is 2.17. The Hall–Kier alpha value is -2.97. The molecule has 0 bridgehead atoms. The van der Waals surface area contributed by atoms with Gasteiger partial charge in [0.2, 0.25) is 0 Å². The van der Waals surface area contributed by atoms with Crippen LogP contribution in [0.4, 0.5) is 30.4 Å². The van der Waals surface area contributed by atoms with Gasteiger partial charge in [-0.3, -0.25) is 0 Å². The number of rotatable bonds is 2. The van der Waals surface area contributed by atoms with Gasteiger partial charge in [-0.2, -0.15) is 18.3 Å². The van der Waals surface area contributed by atoms with Gasteiger partial charge in [0.15, 0.2) is 17.2 Å². The summed E-state index contributed by atoms with van der Waals surface area (Å²) in [5.41, 5.74) is 5.35. The first kappa shape index (κ1) is 14.9. The van der Waals surface area contributed by atoms with Crippen molar-refractivity contribution < 1.29 is 13.2 Å². The van der Waals surface area contributed by atoms with Gasteiger partial charge in [0.05, 0.1) is 5.69 Å². The molecule has 0 aliphatic heterocycles. The first-order valence-electron chi connectivity index (χ1n) is 6.56. The Labute approximate surface area is 128 Å². The summed E-state index contributed by atoms with van der Waals surface area (Å²) in [6.45, 7) is 1.45. The van der Waals surface area contributed by atoms with Crippen molar-refractivity contribution in [1.29, 1.82) is 0 Å². The third-order valence-corrected chi connectivity index (χ3v) is 3.03. The lowest BCUT2D eigenvalue weighted by molar-refractivity contribution is -0.142. The van der Waals surface area contributed by atoms with Crippen LogP contribution in [-0.2, 0) is 6.18 Å². The van der Waals surface area contributed by atoms with Crippen molar-refractivity contribution in [3.05, 3.63) is 47.8 Å². The Kier molecular flexibility index (Phi) is 3.47. The van der Waals surface area contributed by atoms with Crippen molar-refractivity contribution in [3.8, 4) is 0 Å². The number of benzene rings is 1. The van der Waals surface area contributed by atoms with E-state index in [-0.39, 0.29) is 22.8 Å². The quantitative estimate of drug-likeness (QED) is 0.723. The van der Waals surface area contributed by atoms with E-state index in [4.69, 9.17) is 5.73 Å². The summed E-state index contributed by atoms with van der Waals surface area (Å²) in [5.74, 6) is -0.173. The monoisotopic (exact) mass is 320 g/mol. The zero-order chi connectivity index (χ0) is 16.6. The second-order valence-electron chi connectivity index (χ2n) is 4.79. The van der Waals surface area contributed by atoms with Crippen molar-refractivity contribution >= 4 is 22.8 Å². The number of anilines is 1. The molecule has 3 rings (SSSR count). The molecule has 0 amide bonds. The Bertz CT molecular complexity index is 883. The van der Waals surface area contributed by atoms with Crippen LogP contribution in [0.3, 0.4) is 0 Å². The first-order valence-corrected chi connectivity index (χ1v) is 6.56. The van der Waals surface area contributed by atoms with Gasteiger partial charge in [-0.05, 0) is 25.1 Å². The van der Waals surface area contributed by atoms with Crippen LogP contribution in [0.15, 0.2) is 46.6 Å². The largest absolute Gasteiger partial charge is 0.433 e. The highest BCUT2D eigenvalue weighted by molar-refractivity contribution is 5.75. The Morgan fingerprint density at radius 2 is 1.83 bits per heavy atom. The molecule has 0 aliphatic carbocycles. The molecule has 1 aromatic carbocycles. The smallest absolute Gasteiger partial charge is 0.380 e. The maximum absolute atomic E-state index is 13.1. The molecule has 0 saturated heterocycles. The molecule has 0 radical (unpaired) electrons. The molecule has 0 aliphatic rings. The molecule has 118 valence electrons.